The van der Waals surface area contributed by atoms with E-state index in [0.29, 0.717) is 0 Å². The molecule has 3 nitrogen and oxygen atoms in total. The van der Waals surface area contributed by atoms with Gasteiger partial charge in [0, 0.05) is 5.75 Å². The molecule has 0 aromatic rings. The third-order valence-electron chi connectivity index (χ3n) is 0.595. The van der Waals surface area contributed by atoms with Crippen molar-refractivity contribution >= 4 is 17.8 Å². The van der Waals surface area contributed by atoms with Gasteiger partial charge in [-0.05, 0) is 11.8 Å². The maximum Gasteiger partial charge on any atom is 0.309 e. The minimum atomic E-state index is -0.833. The third-order valence-corrected chi connectivity index (χ3v) is 1.45. The van der Waals surface area contributed by atoms with Gasteiger partial charge in [-0.2, -0.15) is 0 Å². The molecule has 0 fully saturated rings. The second-order valence-electron chi connectivity index (χ2n) is 1.43. The van der Waals surface area contributed by atoms with Crippen LogP contribution in [0.1, 0.15) is 6.42 Å². The Labute approximate surface area is 58.5 Å². The van der Waals surface area contributed by atoms with Crippen LogP contribution in [0.25, 0.3) is 0 Å². The fourth-order valence-corrected chi connectivity index (χ4v) is 1.02. The van der Waals surface area contributed by atoms with E-state index >= 15 is 0 Å². The molecule has 0 bridgehead atoms. The first-order valence-corrected chi connectivity index (χ1v) is 3.60. The van der Waals surface area contributed by atoms with Crippen molar-refractivity contribution in [2.75, 3.05) is 5.75 Å². The fourth-order valence-electron chi connectivity index (χ4n) is 0.340. The molecule has 4 N–H and O–H groups in total. The van der Waals surface area contributed by atoms with Crippen LogP contribution in [0.2, 0.25) is 0 Å². The molecule has 0 atom stereocenters. The lowest BCUT2D eigenvalue weighted by Crippen LogP contribution is -2.18. The summed E-state index contributed by atoms with van der Waals surface area (Å²) in [7, 11) is 0. The van der Waals surface area contributed by atoms with Gasteiger partial charge in [0.1, 0.15) is 0 Å². The van der Waals surface area contributed by atoms with E-state index in [9.17, 15) is 0 Å². The zero-order valence-corrected chi connectivity index (χ0v) is 5.86. The van der Waals surface area contributed by atoms with E-state index in [4.69, 9.17) is 4.79 Å². The zero-order chi connectivity index (χ0) is 7.11. The van der Waals surface area contributed by atoms with Crippen LogP contribution in [-0.4, -0.2) is 11.8 Å². The molecular weight excluding hydrogens is 136 g/mol. The predicted octanol–water partition coefficient (Wildman–Crippen LogP) is 0.661. The maximum absolute atomic E-state index is 9.00. The van der Waals surface area contributed by atoms with E-state index in [1.807, 2.05) is 11.8 Å². The number of nitrogens with two attached hydrogens (primary N) is 2. The molecule has 1 aliphatic heterocycles. The van der Waals surface area contributed by atoms with Crippen molar-refractivity contribution in [3.05, 3.63) is 11.5 Å². The number of rotatable bonds is 0. The molecule has 0 radical (unpaired) electrons. The Morgan fingerprint density at radius 3 is 2.22 bits per heavy atom. The summed E-state index contributed by atoms with van der Waals surface area (Å²) in [5.74, 6) is 1.31. The number of hydrogen-bond donors (Lipinski definition) is 2. The summed E-state index contributed by atoms with van der Waals surface area (Å²) in [4.78, 5) is 9.00. The number of primary amides is 2. The summed E-state index contributed by atoms with van der Waals surface area (Å²) in [5, 5.41) is 2.15. The fraction of sp³-hybridized carbons (Fsp3) is 0.400. The topological polar surface area (TPSA) is 69.1 Å². The highest BCUT2D eigenvalue weighted by atomic mass is 32.2. The Bertz CT molecular complexity index is 104. The summed E-state index contributed by atoms with van der Waals surface area (Å²) in [6.07, 6.45) is 3.48. The Hall–Kier alpha value is -0.640. The van der Waals surface area contributed by atoms with Gasteiger partial charge in [0.25, 0.3) is 0 Å². The van der Waals surface area contributed by atoms with Crippen molar-refractivity contribution in [3.8, 4) is 0 Å². The molecule has 0 unspecified atom stereocenters. The Balaban J connectivity index is 0.000000148. The first-order chi connectivity index (χ1) is 4.23. The van der Waals surface area contributed by atoms with E-state index in [-0.39, 0.29) is 0 Å². The van der Waals surface area contributed by atoms with Crippen molar-refractivity contribution in [2.24, 2.45) is 11.5 Å². The van der Waals surface area contributed by atoms with Crippen LogP contribution >= 0.6 is 11.8 Å². The van der Waals surface area contributed by atoms with E-state index in [1.54, 1.807) is 0 Å². The van der Waals surface area contributed by atoms with Gasteiger partial charge in [0.2, 0.25) is 0 Å². The molecule has 0 aromatic heterocycles. The number of amides is 2. The minimum Gasteiger partial charge on any atom is -0.352 e. The number of urea groups is 1. The lowest BCUT2D eigenvalue weighted by Gasteiger charge is -1.69. The van der Waals surface area contributed by atoms with Crippen molar-refractivity contribution in [1.29, 1.82) is 0 Å². The average molecular weight is 146 g/mol. The summed E-state index contributed by atoms with van der Waals surface area (Å²) in [5.41, 5.74) is 8.50. The van der Waals surface area contributed by atoms with E-state index < -0.39 is 6.03 Å². The smallest absolute Gasteiger partial charge is 0.309 e. The van der Waals surface area contributed by atoms with Gasteiger partial charge in [-0.15, -0.1) is 11.8 Å². The Morgan fingerprint density at radius 1 is 1.56 bits per heavy atom. The molecule has 1 heterocycles. The minimum absolute atomic E-state index is 0.833. The van der Waals surface area contributed by atoms with Crippen LogP contribution in [0.3, 0.4) is 0 Å². The second kappa shape index (κ2) is 5.50. The number of hydrogen-bond acceptors (Lipinski definition) is 2. The normalized spacial score (nSPS) is 14.2. The lowest BCUT2D eigenvalue weighted by atomic mass is 10.5. The third kappa shape index (κ3) is 11.1. The molecular formula is C5H10N2OS. The van der Waals surface area contributed by atoms with E-state index in [1.165, 1.54) is 12.2 Å². The quantitative estimate of drug-likeness (QED) is 0.527. The van der Waals surface area contributed by atoms with E-state index in [2.05, 4.69) is 23.0 Å². The number of allylic oxidation sites excluding steroid dienone is 1. The predicted molar refractivity (Wildman–Crippen MR) is 40.0 cm³/mol. The molecule has 1 rings (SSSR count). The highest BCUT2D eigenvalue weighted by Crippen LogP contribution is 2.11. The molecule has 9 heavy (non-hydrogen) atoms. The largest absolute Gasteiger partial charge is 0.352 e. The highest BCUT2D eigenvalue weighted by Gasteiger charge is 1.85. The van der Waals surface area contributed by atoms with Gasteiger partial charge in [-0.3, -0.25) is 0 Å². The van der Waals surface area contributed by atoms with Crippen LogP contribution in [0, 0.1) is 0 Å². The molecule has 52 valence electrons. The van der Waals surface area contributed by atoms with E-state index in [0.717, 1.165) is 0 Å². The van der Waals surface area contributed by atoms with Crippen LogP contribution in [0.15, 0.2) is 11.5 Å². The summed E-state index contributed by atoms with van der Waals surface area (Å²) >= 11 is 1.89. The summed E-state index contributed by atoms with van der Waals surface area (Å²) in [6.45, 7) is 0. The molecule has 0 aliphatic carbocycles. The molecule has 2 amide bonds. The first-order valence-electron chi connectivity index (χ1n) is 2.55. The summed E-state index contributed by atoms with van der Waals surface area (Å²) < 4.78 is 0. The Kier molecular flexibility index (Phi) is 5.11. The zero-order valence-electron chi connectivity index (χ0n) is 5.04. The molecule has 1 aliphatic rings. The number of carbonyl (C=O) groups excluding carboxylic acids is 1. The van der Waals surface area contributed by atoms with Gasteiger partial charge >= 0.3 is 6.03 Å². The van der Waals surface area contributed by atoms with Crippen LogP contribution in [0.4, 0.5) is 4.79 Å². The van der Waals surface area contributed by atoms with Gasteiger partial charge in [0.05, 0.1) is 0 Å². The molecule has 4 heteroatoms. The Morgan fingerprint density at radius 2 is 2.11 bits per heavy atom. The maximum atomic E-state index is 9.00. The number of carbonyl (C=O) groups is 1. The van der Waals surface area contributed by atoms with Gasteiger partial charge in [-0.1, -0.05) is 6.08 Å². The lowest BCUT2D eigenvalue weighted by molar-refractivity contribution is 0.256. The second-order valence-corrected chi connectivity index (χ2v) is 2.45. The van der Waals surface area contributed by atoms with Gasteiger partial charge in [0.15, 0.2) is 0 Å². The van der Waals surface area contributed by atoms with Crippen LogP contribution in [0.5, 0.6) is 0 Å². The molecule has 0 saturated carbocycles. The average Bonchev–Trinajstić information content (AvgIpc) is 2.11. The van der Waals surface area contributed by atoms with Gasteiger partial charge in [-0.25, -0.2) is 4.79 Å². The van der Waals surface area contributed by atoms with Crippen molar-refractivity contribution < 1.29 is 4.79 Å². The SMILES string of the molecule is C1=CSCC1.NC(N)=O. The van der Waals surface area contributed by atoms with Crippen molar-refractivity contribution in [1.82, 2.24) is 0 Å². The molecule has 0 spiro atoms. The van der Waals surface area contributed by atoms with Crippen molar-refractivity contribution in [2.45, 2.75) is 6.42 Å². The summed E-state index contributed by atoms with van der Waals surface area (Å²) in [6, 6.07) is -0.833. The molecule has 0 saturated heterocycles. The monoisotopic (exact) mass is 146 g/mol. The standard InChI is InChI=1S/C4H6S.CH4N2O/c1-2-4-5-3-1;2-1(3)4/h1,3H,2,4H2;(H4,2,3,4). The van der Waals surface area contributed by atoms with Crippen LogP contribution in [-0.2, 0) is 0 Å². The molecule has 0 aromatic carbocycles. The van der Waals surface area contributed by atoms with Crippen LogP contribution < -0.4 is 11.5 Å². The van der Waals surface area contributed by atoms with Crippen molar-refractivity contribution in [3.63, 3.8) is 0 Å². The number of thioether (sulfide) groups is 1. The van der Waals surface area contributed by atoms with Gasteiger partial charge < -0.3 is 11.5 Å². The highest BCUT2D eigenvalue weighted by molar-refractivity contribution is 8.02. The first kappa shape index (κ1) is 8.36.